The molecule has 0 atom stereocenters. The number of nitrogens with zero attached hydrogens (tertiary/aromatic N) is 5. The van der Waals surface area contributed by atoms with Crippen LogP contribution in [0.4, 0.5) is 11.5 Å². The molecule has 0 radical (unpaired) electrons. The van der Waals surface area contributed by atoms with Gasteiger partial charge in [-0.15, -0.1) is 0 Å². The van der Waals surface area contributed by atoms with Crippen LogP contribution in [0, 0.1) is 10.1 Å². The van der Waals surface area contributed by atoms with E-state index >= 15 is 0 Å². The average Bonchev–Trinajstić information content (AvgIpc) is 2.90. The Kier molecular flexibility index (Phi) is 4.46. The third kappa shape index (κ3) is 2.83. The maximum absolute atomic E-state index is 11.4. The molecule has 2 aromatic heterocycles. The molecule has 21 heavy (non-hydrogen) atoms. The largest absolute Gasteiger partial charge is 0.364 e. The van der Waals surface area contributed by atoms with E-state index in [1.165, 1.54) is 6.33 Å². The minimum atomic E-state index is -0.472. The summed E-state index contributed by atoms with van der Waals surface area (Å²) in [4.78, 5) is 19.0. The smallest absolute Gasteiger partial charge is 0.355 e. The lowest BCUT2D eigenvalue weighted by Crippen LogP contribution is -2.12. The van der Waals surface area contributed by atoms with Crippen molar-refractivity contribution in [1.29, 1.82) is 0 Å². The number of anilines is 1. The maximum atomic E-state index is 11.4. The van der Waals surface area contributed by atoms with Crippen LogP contribution in [0.5, 0.6) is 0 Å². The van der Waals surface area contributed by atoms with E-state index in [-0.39, 0.29) is 17.3 Å². The fraction of sp³-hybridized carbons (Fsp3) is 0.462. The summed E-state index contributed by atoms with van der Waals surface area (Å²) in [5.74, 6) is 0.408. The van der Waals surface area contributed by atoms with Gasteiger partial charge in [-0.2, -0.15) is 5.10 Å². The lowest BCUT2D eigenvalue weighted by atomic mass is 10.2. The second kappa shape index (κ2) is 6.29. The Labute approximate surface area is 122 Å². The highest BCUT2D eigenvalue weighted by atomic mass is 16.6. The topological polar surface area (TPSA) is 98.8 Å². The van der Waals surface area contributed by atoms with E-state index in [0.717, 1.165) is 17.8 Å². The normalized spacial score (nSPS) is 10.6. The van der Waals surface area contributed by atoms with Crippen LogP contribution in [-0.4, -0.2) is 31.2 Å². The third-order valence-corrected chi connectivity index (χ3v) is 3.09. The van der Waals surface area contributed by atoms with Crippen LogP contribution in [0.3, 0.4) is 0 Å². The molecule has 2 rings (SSSR count). The number of aromatic nitrogens is 4. The van der Waals surface area contributed by atoms with Crippen LogP contribution in [-0.2, 0) is 12.8 Å². The minimum absolute atomic E-state index is 0.153. The summed E-state index contributed by atoms with van der Waals surface area (Å²) >= 11 is 0. The minimum Gasteiger partial charge on any atom is -0.364 e. The van der Waals surface area contributed by atoms with Gasteiger partial charge in [0.15, 0.2) is 0 Å². The molecule has 8 nitrogen and oxygen atoms in total. The third-order valence-electron chi connectivity index (χ3n) is 3.09. The zero-order chi connectivity index (χ0) is 15.4. The van der Waals surface area contributed by atoms with Crippen molar-refractivity contribution in [3.8, 4) is 5.82 Å². The Morgan fingerprint density at radius 1 is 1.29 bits per heavy atom. The quantitative estimate of drug-likeness (QED) is 0.646. The van der Waals surface area contributed by atoms with E-state index in [9.17, 15) is 10.1 Å². The van der Waals surface area contributed by atoms with Gasteiger partial charge < -0.3 is 5.32 Å². The fourth-order valence-electron chi connectivity index (χ4n) is 2.07. The fourth-order valence-corrected chi connectivity index (χ4v) is 2.07. The van der Waals surface area contributed by atoms with E-state index in [4.69, 9.17) is 0 Å². The average molecular weight is 290 g/mol. The first kappa shape index (κ1) is 14.9. The van der Waals surface area contributed by atoms with Gasteiger partial charge in [-0.3, -0.25) is 10.1 Å². The summed E-state index contributed by atoms with van der Waals surface area (Å²) in [6.45, 7) is 6.36. The molecule has 8 heteroatoms. The molecule has 0 amide bonds. The molecule has 0 saturated heterocycles. The molecule has 0 fully saturated rings. The van der Waals surface area contributed by atoms with Gasteiger partial charge in [-0.05, 0) is 25.8 Å². The van der Waals surface area contributed by atoms with Gasteiger partial charge in [0.25, 0.3) is 0 Å². The highest BCUT2D eigenvalue weighted by molar-refractivity contribution is 5.64. The second-order valence-corrected chi connectivity index (χ2v) is 4.43. The Morgan fingerprint density at radius 3 is 2.62 bits per heavy atom. The lowest BCUT2D eigenvalue weighted by molar-refractivity contribution is -0.384. The van der Waals surface area contributed by atoms with Gasteiger partial charge in [-0.25, -0.2) is 14.6 Å². The van der Waals surface area contributed by atoms with Gasteiger partial charge in [0.1, 0.15) is 6.33 Å². The van der Waals surface area contributed by atoms with E-state index in [1.807, 2.05) is 26.8 Å². The second-order valence-electron chi connectivity index (χ2n) is 4.43. The summed E-state index contributed by atoms with van der Waals surface area (Å²) < 4.78 is 1.54. The molecular weight excluding hydrogens is 272 g/mol. The predicted molar refractivity (Wildman–Crippen MR) is 78.7 cm³/mol. The Bertz CT molecular complexity index is 652. The molecule has 0 spiro atoms. The molecule has 2 heterocycles. The van der Waals surface area contributed by atoms with Crippen molar-refractivity contribution < 1.29 is 4.92 Å². The van der Waals surface area contributed by atoms with Crippen molar-refractivity contribution in [2.75, 3.05) is 11.9 Å². The molecule has 0 aliphatic rings. The monoisotopic (exact) mass is 290 g/mol. The van der Waals surface area contributed by atoms with Crippen molar-refractivity contribution in [3.63, 3.8) is 0 Å². The number of hydrogen-bond donors (Lipinski definition) is 1. The first-order chi connectivity index (χ1) is 10.1. The molecule has 0 aliphatic heterocycles. The van der Waals surface area contributed by atoms with Crippen molar-refractivity contribution in [2.45, 2.75) is 33.6 Å². The van der Waals surface area contributed by atoms with Crippen LogP contribution in [0.1, 0.15) is 32.2 Å². The Hall–Kier alpha value is -2.51. The summed E-state index contributed by atoms with van der Waals surface area (Å²) in [5.41, 5.74) is 1.61. The van der Waals surface area contributed by atoms with E-state index < -0.39 is 4.92 Å². The highest BCUT2D eigenvalue weighted by Gasteiger charge is 2.25. The summed E-state index contributed by atoms with van der Waals surface area (Å²) in [7, 11) is 0. The molecule has 0 aliphatic carbocycles. The standard InChI is InChI=1S/C13H18N6O2/c1-4-9-7-10(5-2)18(17-9)13-11(19(20)21)12(14-6-3)15-8-16-13/h7-8H,4-6H2,1-3H3,(H,14,15,16). The number of rotatable bonds is 6. The summed E-state index contributed by atoms with van der Waals surface area (Å²) in [5, 5.41) is 18.7. The van der Waals surface area contributed by atoms with Gasteiger partial charge in [0, 0.05) is 12.2 Å². The first-order valence-electron chi connectivity index (χ1n) is 6.93. The van der Waals surface area contributed by atoms with E-state index in [1.54, 1.807) is 4.68 Å². The molecule has 0 aromatic carbocycles. The van der Waals surface area contributed by atoms with Crippen LogP contribution >= 0.6 is 0 Å². The van der Waals surface area contributed by atoms with Gasteiger partial charge >= 0.3 is 5.69 Å². The Balaban J connectivity index is 2.65. The molecule has 1 N–H and O–H groups in total. The SMILES string of the molecule is CCNc1ncnc(-n2nc(CC)cc2CC)c1[N+](=O)[O-]. The molecule has 2 aromatic rings. The van der Waals surface area contributed by atoms with Crippen molar-refractivity contribution in [2.24, 2.45) is 0 Å². The van der Waals surface area contributed by atoms with Gasteiger partial charge in [-0.1, -0.05) is 13.8 Å². The summed E-state index contributed by atoms with van der Waals surface area (Å²) in [6, 6.07) is 1.94. The lowest BCUT2D eigenvalue weighted by Gasteiger charge is -2.08. The van der Waals surface area contributed by atoms with Crippen LogP contribution in [0.15, 0.2) is 12.4 Å². The van der Waals surface area contributed by atoms with Crippen molar-refractivity contribution in [3.05, 3.63) is 33.9 Å². The zero-order valence-corrected chi connectivity index (χ0v) is 12.3. The Morgan fingerprint density at radius 2 is 2.05 bits per heavy atom. The highest BCUT2D eigenvalue weighted by Crippen LogP contribution is 2.28. The van der Waals surface area contributed by atoms with Crippen molar-refractivity contribution >= 4 is 11.5 Å². The maximum Gasteiger partial charge on any atom is 0.355 e. The van der Waals surface area contributed by atoms with Gasteiger partial charge in [0.2, 0.25) is 11.6 Å². The number of hydrogen-bond acceptors (Lipinski definition) is 6. The van der Waals surface area contributed by atoms with Gasteiger partial charge in [0.05, 0.1) is 10.6 Å². The van der Waals surface area contributed by atoms with E-state index in [2.05, 4.69) is 20.4 Å². The number of nitrogens with one attached hydrogen (secondary N) is 1. The zero-order valence-electron chi connectivity index (χ0n) is 12.3. The molecule has 0 saturated carbocycles. The number of aryl methyl sites for hydroxylation is 2. The molecule has 112 valence electrons. The molecule has 0 unspecified atom stereocenters. The van der Waals surface area contributed by atoms with E-state index in [0.29, 0.717) is 13.0 Å². The predicted octanol–water partition coefficient (Wildman–Crippen LogP) is 2.13. The molecule has 0 bridgehead atoms. The van der Waals surface area contributed by atoms with Crippen LogP contribution in [0.25, 0.3) is 5.82 Å². The van der Waals surface area contributed by atoms with Crippen LogP contribution < -0.4 is 5.32 Å². The first-order valence-corrected chi connectivity index (χ1v) is 6.93. The number of nitro groups is 1. The summed E-state index contributed by atoms with van der Waals surface area (Å²) in [6.07, 6.45) is 2.79. The van der Waals surface area contributed by atoms with Crippen LogP contribution in [0.2, 0.25) is 0 Å². The van der Waals surface area contributed by atoms with Crippen molar-refractivity contribution in [1.82, 2.24) is 19.7 Å². The molecular formula is C13H18N6O2.